The van der Waals surface area contributed by atoms with E-state index in [0.29, 0.717) is 24.7 Å². The number of fused-ring (bicyclic) bond motifs is 3. The van der Waals surface area contributed by atoms with Gasteiger partial charge in [0.2, 0.25) is 0 Å². The zero-order valence-electron chi connectivity index (χ0n) is 27.3. The van der Waals surface area contributed by atoms with E-state index in [9.17, 15) is 5.11 Å². The smallest absolute Gasteiger partial charge is 0.161 e. The zero-order chi connectivity index (χ0) is 32.4. The van der Waals surface area contributed by atoms with Crippen LogP contribution in [0.5, 0.6) is 11.5 Å². The molecular formula is C40H47Br2NO3. The summed E-state index contributed by atoms with van der Waals surface area (Å²) in [6, 6.07) is 20.4. The van der Waals surface area contributed by atoms with E-state index in [1.54, 1.807) is 6.20 Å². The highest BCUT2D eigenvalue weighted by Crippen LogP contribution is 2.55. The molecule has 1 heterocycles. The number of rotatable bonds is 18. The summed E-state index contributed by atoms with van der Waals surface area (Å²) in [6.45, 7) is 5.72. The number of hydrogen-bond acceptors (Lipinski definition) is 4. The molecule has 4 nitrogen and oxygen atoms in total. The van der Waals surface area contributed by atoms with Crippen molar-refractivity contribution in [2.45, 2.75) is 96.5 Å². The summed E-state index contributed by atoms with van der Waals surface area (Å²) in [4.78, 5) is 4.45. The first-order valence-corrected chi connectivity index (χ1v) is 18.7. The average Bonchev–Trinajstić information content (AvgIpc) is 3.31. The third-order valence-electron chi connectivity index (χ3n) is 8.99. The van der Waals surface area contributed by atoms with Gasteiger partial charge in [0.15, 0.2) is 11.5 Å². The van der Waals surface area contributed by atoms with Gasteiger partial charge >= 0.3 is 0 Å². The highest BCUT2D eigenvalue weighted by Gasteiger charge is 2.45. The number of nitrogens with zero attached hydrogens (tertiary/aromatic N) is 1. The lowest BCUT2D eigenvalue weighted by atomic mass is 9.80. The molecule has 3 aromatic carbocycles. The topological polar surface area (TPSA) is 51.6 Å². The second-order valence-electron chi connectivity index (χ2n) is 12.4. The SMILES string of the molecule is CCCCCCCCOc1cc(-c2cccnc2)c(C2(O)c3cc(Br)ccc3-c3ccc(Br)cc32)cc1OCCCCCCCC. The van der Waals surface area contributed by atoms with Crippen molar-refractivity contribution >= 4 is 31.9 Å². The number of unbranched alkanes of at least 4 members (excludes halogenated alkanes) is 10. The van der Waals surface area contributed by atoms with Gasteiger partial charge in [0.05, 0.1) is 13.2 Å². The summed E-state index contributed by atoms with van der Waals surface area (Å²) in [5.41, 5.74) is 4.81. The van der Waals surface area contributed by atoms with Crippen molar-refractivity contribution in [1.82, 2.24) is 4.98 Å². The number of pyridine rings is 1. The van der Waals surface area contributed by atoms with E-state index in [-0.39, 0.29) is 0 Å². The van der Waals surface area contributed by atoms with Gasteiger partial charge in [0.25, 0.3) is 0 Å². The monoisotopic (exact) mass is 747 g/mol. The first kappa shape index (κ1) is 34.7. The number of aliphatic hydroxyl groups is 1. The molecule has 0 aliphatic heterocycles. The van der Waals surface area contributed by atoms with Crippen LogP contribution in [0.15, 0.2) is 82.0 Å². The van der Waals surface area contributed by atoms with Crippen LogP contribution in [0, 0.1) is 0 Å². The molecule has 0 saturated carbocycles. The van der Waals surface area contributed by atoms with Crippen molar-refractivity contribution in [2.24, 2.45) is 0 Å². The summed E-state index contributed by atoms with van der Waals surface area (Å²) in [5.74, 6) is 1.39. The first-order valence-electron chi connectivity index (χ1n) is 17.1. The standard InChI is InChI=1S/C40H47Br2NO3/c1-3-5-7-9-11-13-22-45-38-26-34(29-16-15-21-43-28-29)37(27-39(38)46-23-14-12-10-8-6-4-2)40(44)35-24-30(41)17-19-32(35)33-20-18-31(42)25-36(33)40/h15-21,24-28,44H,3-14,22-23H2,1-2H3. The fourth-order valence-corrected chi connectivity index (χ4v) is 7.23. The Bertz CT molecular complexity index is 1520. The third-order valence-corrected chi connectivity index (χ3v) is 9.98. The van der Waals surface area contributed by atoms with Gasteiger partial charge in [-0.15, -0.1) is 0 Å². The van der Waals surface area contributed by atoms with Gasteiger partial charge in [0.1, 0.15) is 5.60 Å². The van der Waals surface area contributed by atoms with E-state index in [1.165, 1.54) is 51.4 Å². The van der Waals surface area contributed by atoms with Crippen molar-refractivity contribution in [1.29, 1.82) is 0 Å². The van der Waals surface area contributed by atoms with Crippen LogP contribution in [0.25, 0.3) is 22.3 Å². The molecule has 244 valence electrons. The van der Waals surface area contributed by atoms with E-state index >= 15 is 0 Å². The minimum absolute atomic E-state index is 0.605. The third kappa shape index (κ3) is 8.06. The number of ether oxygens (including phenoxy) is 2. The highest BCUT2D eigenvalue weighted by atomic mass is 79.9. The van der Waals surface area contributed by atoms with Gasteiger partial charge in [-0.05, 0) is 72.0 Å². The van der Waals surface area contributed by atoms with Gasteiger partial charge in [-0.3, -0.25) is 4.98 Å². The molecule has 4 aromatic rings. The number of aromatic nitrogens is 1. The van der Waals surface area contributed by atoms with Gasteiger partial charge in [-0.1, -0.05) is 128 Å². The lowest BCUT2D eigenvalue weighted by Gasteiger charge is -2.30. The molecule has 0 unspecified atom stereocenters. The molecule has 1 aliphatic carbocycles. The minimum Gasteiger partial charge on any atom is -0.490 e. The summed E-state index contributed by atoms with van der Waals surface area (Å²) < 4.78 is 14.9. The Labute approximate surface area is 292 Å². The quantitative estimate of drug-likeness (QED) is 0.103. The normalized spacial score (nSPS) is 13.0. The molecular weight excluding hydrogens is 702 g/mol. The lowest BCUT2D eigenvalue weighted by Crippen LogP contribution is -2.27. The molecule has 1 N–H and O–H groups in total. The van der Waals surface area contributed by atoms with Gasteiger partial charge in [0, 0.05) is 43.6 Å². The molecule has 1 aromatic heterocycles. The van der Waals surface area contributed by atoms with Crippen LogP contribution in [0.3, 0.4) is 0 Å². The lowest BCUT2D eigenvalue weighted by molar-refractivity contribution is 0.130. The van der Waals surface area contributed by atoms with Crippen LogP contribution in [0.1, 0.15) is 108 Å². The van der Waals surface area contributed by atoms with Crippen molar-refractivity contribution < 1.29 is 14.6 Å². The van der Waals surface area contributed by atoms with Gasteiger partial charge in [-0.25, -0.2) is 0 Å². The van der Waals surface area contributed by atoms with Crippen LogP contribution >= 0.6 is 31.9 Å². The van der Waals surface area contributed by atoms with Crippen LogP contribution < -0.4 is 9.47 Å². The number of hydrogen-bond donors (Lipinski definition) is 1. The van der Waals surface area contributed by atoms with Crippen molar-refractivity contribution in [3.63, 3.8) is 0 Å². The zero-order valence-corrected chi connectivity index (χ0v) is 30.5. The summed E-state index contributed by atoms with van der Waals surface area (Å²) in [5, 5.41) is 13.1. The number of halogens is 2. The largest absolute Gasteiger partial charge is 0.490 e. The Morgan fingerprint density at radius 1 is 0.609 bits per heavy atom. The second-order valence-corrected chi connectivity index (χ2v) is 14.2. The molecule has 0 atom stereocenters. The van der Waals surface area contributed by atoms with Crippen LogP contribution in [-0.4, -0.2) is 23.3 Å². The summed E-state index contributed by atoms with van der Waals surface area (Å²) >= 11 is 7.36. The van der Waals surface area contributed by atoms with E-state index in [1.807, 2.05) is 48.7 Å². The summed E-state index contributed by atoms with van der Waals surface area (Å²) in [6.07, 6.45) is 18.0. The fraction of sp³-hybridized carbons (Fsp3) is 0.425. The Kier molecular flexibility index (Phi) is 12.8. The fourth-order valence-electron chi connectivity index (χ4n) is 6.51. The van der Waals surface area contributed by atoms with Gasteiger partial charge < -0.3 is 14.6 Å². The van der Waals surface area contributed by atoms with E-state index < -0.39 is 5.60 Å². The molecule has 0 bridgehead atoms. The van der Waals surface area contributed by atoms with Gasteiger partial charge in [-0.2, -0.15) is 0 Å². The molecule has 0 spiro atoms. The second kappa shape index (κ2) is 16.9. The molecule has 0 fully saturated rings. The maximum Gasteiger partial charge on any atom is 0.161 e. The molecule has 0 radical (unpaired) electrons. The van der Waals surface area contributed by atoms with Crippen molar-refractivity contribution in [3.8, 4) is 33.8 Å². The molecule has 6 heteroatoms. The Morgan fingerprint density at radius 3 is 1.63 bits per heavy atom. The first-order chi connectivity index (χ1) is 22.5. The predicted octanol–water partition coefficient (Wildman–Crippen LogP) is 12.0. The molecule has 1 aliphatic rings. The van der Waals surface area contributed by atoms with Crippen LogP contribution in [-0.2, 0) is 5.60 Å². The Hall–Kier alpha value is -2.67. The predicted molar refractivity (Wildman–Crippen MR) is 197 cm³/mol. The van der Waals surface area contributed by atoms with Crippen LogP contribution in [0.4, 0.5) is 0 Å². The molecule has 46 heavy (non-hydrogen) atoms. The van der Waals surface area contributed by atoms with E-state index in [2.05, 4.69) is 68.9 Å². The Morgan fingerprint density at radius 2 is 1.11 bits per heavy atom. The minimum atomic E-state index is -1.43. The van der Waals surface area contributed by atoms with E-state index in [4.69, 9.17) is 9.47 Å². The maximum absolute atomic E-state index is 13.1. The molecule has 0 saturated heterocycles. The molecule has 5 rings (SSSR count). The van der Waals surface area contributed by atoms with Crippen LogP contribution in [0.2, 0.25) is 0 Å². The van der Waals surface area contributed by atoms with Crippen molar-refractivity contribution in [2.75, 3.05) is 13.2 Å². The van der Waals surface area contributed by atoms with Crippen molar-refractivity contribution in [3.05, 3.63) is 98.7 Å². The molecule has 0 amide bonds. The van der Waals surface area contributed by atoms with E-state index in [0.717, 1.165) is 73.6 Å². The Balaban J connectivity index is 1.57. The number of benzene rings is 3. The maximum atomic E-state index is 13.1. The summed E-state index contributed by atoms with van der Waals surface area (Å²) in [7, 11) is 0. The highest BCUT2D eigenvalue weighted by molar-refractivity contribution is 9.10. The average molecular weight is 750 g/mol.